The van der Waals surface area contributed by atoms with Crippen LogP contribution in [0.2, 0.25) is 0 Å². The second kappa shape index (κ2) is 6.40. The van der Waals surface area contributed by atoms with Crippen LogP contribution in [0.25, 0.3) is 0 Å². The van der Waals surface area contributed by atoms with E-state index in [0.717, 1.165) is 22.8 Å². The zero-order valence-corrected chi connectivity index (χ0v) is 11.8. The first kappa shape index (κ1) is 14.5. The van der Waals surface area contributed by atoms with Crippen molar-refractivity contribution in [1.82, 2.24) is 5.32 Å². The van der Waals surface area contributed by atoms with Gasteiger partial charge in [-0.05, 0) is 26.0 Å². The molecule has 0 saturated carbocycles. The zero-order chi connectivity index (χ0) is 13.7. The Morgan fingerprint density at radius 1 is 1.50 bits per heavy atom. The number of likely N-dealkylation sites (N-methyl/N-ethyl adjacent to an activating group) is 2. The first-order valence-electron chi connectivity index (χ1n) is 6.17. The molecule has 2 N–H and O–H groups in total. The Bertz CT molecular complexity index is 418. The van der Waals surface area contributed by atoms with Crippen LogP contribution in [0, 0.1) is 6.92 Å². The van der Waals surface area contributed by atoms with Crippen LogP contribution in [0.3, 0.4) is 0 Å². The number of carbonyl (C=O) groups is 1. The van der Waals surface area contributed by atoms with Crippen molar-refractivity contribution < 1.29 is 14.4 Å². The van der Waals surface area contributed by atoms with Gasteiger partial charge in [0, 0.05) is 12.6 Å². The van der Waals surface area contributed by atoms with Gasteiger partial charge in [0.15, 0.2) is 6.04 Å². The number of hydrogen-bond donors (Lipinski definition) is 2. The van der Waals surface area contributed by atoms with E-state index in [1.54, 1.807) is 14.2 Å². The number of benzene rings is 1. The van der Waals surface area contributed by atoms with Gasteiger partial charge in [-0.2, -0.15) is 0 Å². The van der Waals surface area contributed by atoms with Gasteiger partial charge in [-0.1, -0.05) is 11.6 Å². The van der Waals surface area contributed by atoms with Crippen LogP contribution in [0.1, 0.15) is 18.1 Å². The second-order valence-corrected chi connectivity index (χ2v) is 4.67. The summed E-state index contributed by atoms with van der Waals surface area (Å²) in [5.74, 6) is 0.933. The SMILES string of the molecule is CNC(=O)[C@@H](C)[NH+](C)Cc1cc(C)ccc1OC. The lowest BCUT2D eigenvalue weighted by molar-refractivity contribution is -0.908. The molecule has 0 aromatic heterocycles. The summed E-state index contributed by atoms with van der Waals surface area (Å²) in [7, 11) is 5.35. The number of methoxy groups -OCH3 is 1. The summed E-state index contributed by atoms with van der Waals surface area (Å²) in [5.41, 5.74) is 2.33. The van der Waals surface area contributed by atoms with E-state index in [-0.39, 0.29) is 11.9 Å². The topological polar surface area (TPSA) is 42.8 Å². The molecule has 0 saturated heterocycles. The quantitative estimate of drug-likeness (QED) is 0.782. The Balaban J connectivity index is 2.83. The molecule has 0 bridgehead atoms. The average molecular weight is 251 g/mol. The van der Waals surface area contributed by atoms with Gasteiger partial charge >= 0.3 is 0 Å². The summed E-state index contributed by atoms with van der Waals surface area (Å²) in [6.07, 6.45) is 0. The lowest BCUT2D eigenvalue weighted by Crippen LogP contribution is -3.12. The van der Waals surface area contributed by atoms with E-state index >= 15 is 0 Å². The van der Waals surface area contributed by atoms with Crippen molar-refractivity contribution in [3.8, 4) is 5.75 Å². The predicted octanol–water partition coefficient (Wildman–Crippen LogP) is 0.153. The summed E-state index contributed by atoms with van der Waals surface area (Å²) < 4.78 is 5.35. The summed E-state index contributed by atoms with van der Waals surface area (Å²) in [6, 6.07) is 6.03. The Kier molecular flexibility index (Phi) is 5.16. The number of rotatable bonds is 5. The van der Waals surface area contributed by atoms with E-state index in [2.05, 4.69) is 18.3 Å². The Morgan fingerprint density at radius 2 is 2.17 bits per heavy atom. The highest BCUT2D eigenvalue weighted by Gasteiger charge is 2.21. The lowest BCUT2D eigenvalue weighted by atomic mass is 10.1. The van der Waals surface area contributed by atoms with E-state index in [9.17, 15) is 4.79 Å². The van der Waals surface area contributed by atoms with Gasteiger partial charge in [0.2, 0.25) is 0 Å². The van der Waals surface area contributed by atoms with Gasteiger partial charge in [0.25, 0.3) is 5.91 Å². The number of aryl methyl sites for hydroxylation is 1. The van der Waals surface area contributed by atoms with Crippen LogP contribution in [0.4, 0.5) is 0 Å². The van der Waals surface area contributed by atoms with Crippen molar-refractivity contribution in [2.75, 3.05) is 21.2 Å². The molecule has 100 valence electrons. The van der Waals surface area contributed by atoms with E-state index in [0.29, 0.717) is 0 Å². The molecule has 18 heavy (non-hydrogen) atoms. The molecule has 0 aliphatic heterocycles. The van der Waals surface area contributed by atoms with Crippen molar-refractivity contribution in [1.29, 1.82) is 0 Å². The fraction of sp³-hybridized carbons (Fsp3) is 0.500. The maximum absolute atomic E-state index is 11.6. The first-order chi connectivity index (χ1) is 8.49. The molecule has 1 amide bonds. The van der Waals surface area contributed by atoms with Crippen molar-refractivity contribution in [2.24, 2.45) is 0 Å². The molecular weight excluding hydrogens is 228 g/mol. The first-order valence-corrected chi connectivity index (χ1v) is 6.17. The Hall–Kier alpha value is -1.55. The molecule has 4 nitrogen and oxygen atoms in total. The van der Waals surface area contributed by atoms with Crippen LogP contribution < -0.4 is 15.0 Å². The van der Waals surface area contributed by atoms with Gasteiger partial charge in [-0.25, -0.2) is 0 Å². The van der Waals surface area contributed by atoms with Crippen molar-refractivity contribution in [2.45, 2.75) is 26.4 Å². The van der Waals surface area contributed by atoms with Gasteiger partial charge in [-0.3, -0.25) is 4.79 Å². The minimum atomic E-state index is -0.0831. The Morgan fingerprint density at radius 3 is 2.72 bits per heavy atom. The largest absolute Gasteiger partial charge is 0.496 e. The third-order valence-corrected chi connectivity index (χ3v) is 3.28. The van der Waals surface area contributed by atoms with E-state index in [1.165, 1.54) is 5.56 Å². The number of amides is 1. The van der Waals surface area contributed by atoms with E-state index in [4.69, 9.17) is 4.74 Å². The van der Waals surface area contributed by atoms with Crippen LogP contribution in [0.5, 0.6) is 5.75 Å². The molecule has 0 fully saturated rings. The fourth-order valence-electron chi connectivity index (χ4n) is 1.94. The average Bonchev–Trinajstić information content (AvgIpc) is 2.37. The number of quaternary nitrogens is 1. The molecule has 0 aliphatic rings. The van der Waals surface area contributed by atoms with E-state index in [1.807, 2.05) is 26.1 Å². The van der Waals surface area contributed by atoms with Crippen LogP contribution in [0.15, 0.2) is 18.2 Å². The molecule has 1 rings (SSSR count). The summed E-state index contributed by atoms with van der Waals surface area (Å²) in [4.78, 5) is 12.7. The highest BCUT2D eigenvalue weighted by molar-refractivity contribution is 5.79. The lowest BCUT2D eigenvalue weighted by Gasteiger charge is -2.21. The summed E-state index contributed by atoms with van der Waals surface area (Å²) in [5, 5.41) is 2.68. The normalized spacial score (nSPS) is 13.8. The molecule has 0 radical (unpaired) electrons. The van der Waals surface area contributed by atoms with Crippen LogP contribution >= 0.6 is 0 Å². The molecule has 4 heteroatoms. The minimum absolute atomic E-state index is 0.0547. The van der Waals surface area contributed by atoms with E-state index < -0.39 is 0 Å². The predicted molar refractivity (Wildman–Crippen MR) is 71.9 cm³/mol. The molecule has 1 aromatic carbocycles. The smallest absolute Gasteiger partial charge is 0.277 e. The maximum Gasteiger partial charge on any atom is 0.277 e. The second-order valence-electron chi connectivity index (χ2n) is 4.67. The van der Waals surface area contributed by atoms with Crippen molar-refractivity contribution in [3.63, 3.8) is 0 Å². The van der Waals surface area contributed by atoms with Crippen LogP contribution in [-0.2, 0) is 11.3 Å². The zero-order valence-electron chi connectivity index (χ0n) is 11.8. The Labute approximate surface area is 109 Å². The summed E-state index contributed by atoms with van der Waals surface area (Å²) in [6.45, 7) is 4.75. The summed E-state index contributed by atoms with van der Waals surface area (Å²) >= 11 is 0. The third-order valence-electron chi connectivity index (χ3n) is 3.28. The molecule has 0 spiro atoms. The monoisotopic (exact) mass is 251 g/mol. The number of carbonyl (C=O) groups excluding carboxylic acids is 1. The number of hydrogen-bond acceptors (Lipinski definition) is 2. The molecule has 0 aliphatic carbocycles. The molecule has 2 atom stereocenters. The van der Waals surface area contributed by atoms with Gasteiger partial charge in [-0.15, -0.1) is 0 Å². The number of ether oxygens (including phenoxy) is 1. The van der Waals surface area contributed by atoms with Gasteiger partial charge in [0.05, 0.1) is 14.2 Å². The highest BCUT2D eigenvalue weighted by Crippen LogP contribution is 2.18. The molecular formula is C14H23N2O2+. The third kappa shape index (κ3) is 3.47. The minimum Gasteiger partial charge on any atom is -0.496 e. The standard InChI is InChI=1S/C14H22N2O2/c1-10-6-7-13(18-5)12(8-10)9-16(4)11(2)14(17)15-3/h6-8,11H,9H2,1-5H3,(H,15,17)/p+1/t11-/m1/s1. The van der Waals surface area contributed by atoms with Gasteiger partial charge < -0.3 is 15.0 Å². The fourth-order valence-corrected chi connectivity index (χ4v) is 1.94. The molecule has 1 aromatic rings. The van der Waals surface area contributed by atoms with Crippen molar-refractivity contribution in [3.05, 3.63) is 29.3 Å². The van der Waals surface area contributed by atoms with Crippen LogP contribution in [-0.4, -0.2) is 33.2 Å². The maximum atomic E-state index is 11.6. The van der Waals surface area contributed by atoms with Gasteiger partial charge in [0.1, 0.15) is 12.3 Å². The molecule has 0 heterocycles. The molecule has 1 unspecified atom stereocenters. The number of nitrogens with one attached hydrogen (secondary N) is 2. The van der Waals surface area contributed by atoms with Crippen molar-refractivity contribution >= 4 is 5.91 Å². The highest BCUT2D eigenvalue weighted by atomic mass is 16.5.